The van der Waals surface area contributed by atoms with E-state index in [1.54, 1.807) is 17.0 Å². The molecule has 1 aromatic heterocycles. The van der Waals surface area contributed by atoms with Crippen molar-refractivity contribution in [3.8, 4) is 0 Å². The second-order valence-corrected chi connectivity index (χ2v) is 4.40. The summed E-state index contributed by atoms with van der Waals surface area (Å²) in [6, 6.07) is 3.27. The average molecular weight is 251 g/mol. The van der Waals surface area contributed by atoms with Crippen molar-refractivity contribution in [3.05, 3.63) is 17.8 Å². The number of morpholine rings is 1. The van der Waals surface area contributed by atoms with Crippen molar-refractivity contribution in [1.29, 1.82) is 0 Å². The van der Waals surface area contributed by atoms with Crippen LogP contribution in [0.4, 0.5) is 5.82 Å². The Morgan fingerprint density at radius 1 is 1.50 bits per heavy atom. The Morgan fingerprint density at radius 3 is 2.89 bits per heavy atom. The first-order chi connectivity index (χ1) is 8.61. The minimum Gasteiger partial charge on any atom is -0.375 e. The molecule has 7 nitrogen and oxygen atoms in total. The van der Waals surface area contributed by atoms with Crippen LogP contribution in [0.1, 0.15) is 24.3 Å². The number of rotatable bonds is 2. The molecule has 0 spiro atoms. The van der Waals surface area contributed by atoms with E-state index in [9.17, 15) is 4.79 Å². The summed E-state index contributed by atoms with van der Waals surface area (Å²) in [4.78, 5) is 14.0. The molecule has 2 rings (SSSR count). The summed E-state index contributed by atoms with van der Waals surface area (Å²) in [6.07, 6.45) is 0.0445. The SMILES string of the molecule is CC1CN(C(=O)c2ccc(NN)nn2)C(C)CO1. The lowest BCUT2D eigenvalue weighted by Gasteiger charge is -2.36. The zero-order valence-corrected chi connectivity index (χ0v) is 10.5. The van der Waals surface area contributed by atoms with Gasteiger partial charge in [0, 0.05) is 6.54 Å². The molecular formula is C11H17N5O2. The molecule has 3 N–H and O–H groups in total. The monoisotopic (exact) mass is 251 g/mol. The number of amides is 1. The van der Waals surface area contributed by atoms with Crippen LogP contribution in [0.3, 0.4) is 0 Å². The van der Waals surface area contributed by atoms with E-state index in [0.717, 1.165) is 0 Å². The fourth-order valence-electron chi connectivity index (χ4n) is 1.86. The Hall–Kier alpha value is -1.73. The van der Waals surface area contributed by atoms with Crippen LogP contribution in [0.5, 0.6) is 0 Å². The smallest absolute Gasteiger partial charge is 0.274 e. The molecule has 7 heteroatoms. The van der Waals surface area contributed by atoms with E-state index in [0.29, 0.717) is 24.7 Å². The molecule has 1 aliphatic rings. The second-order valence-electron chi connectivity index (χ2n) is 4.40. The minimum atomic E-state index is -0.131. The number of nitrogen functional groups attached to an aromatic ring is 1. The molecule has 1 fully saturated rings. The van der Waals surface area contributed by atoms with E-state index in [1.807, 2.05) is 13.8 Å². The van der Waals surface area contributed by atoms with Crippen molar-refractivity contribution in [3.63, 3.8) is 0 Å². The van der Waals surface area contributed by atoms with E-state index >= 15 is 0 Å². The van der Waals surface area contributed by atoms with Gasteiger partial charge in [-0.25, -0.2) is 5.84 Å². The van der Waals surface area contributed by atoms with Crippen LogP contribution in [0, 0.1) is 0 Å². The first kappa shape index (κ1) is 12.7. The third kappa shape index (κ3) is 2.57. The first-order valence-corrected chi connectivity index (χ1v) is 5.84. The zero-order chi connectivity index (χ0) is 13.1. The highest BCUT2D eigenvalue weighted by Gasteiger charge is 2.29. The van der Waals surface area contributed by atoms with Gasteiger partial charge in [0.05, 0.1) is 18.8 Å². The van der Waals surface area contributed by atoms with Gasteiger partial charge in [-0.05, 0) is 26.0 Å². The number of carbonyl (C=O) groups is 1. The fourth-order valence-corrected chi connectivity index (χ4v) is 1.86. The maximum atomic E-state index is 12.3. The molecule has 98 valence electrons. The number of hydrogen-bond acceptors (Lipinski definition) is 6. The molecule has 2 atom stereocenters. The topological polar surface area (TPSA) is 93.4 Å². The number of nitrogens with one attached hydrogen (secondary N) is 1. The van der Waals surface area contributed by atoms with Crippen molar-refractivity contribution in [2.45, 2.75) is 26.0 Å². The van der Waals surface area contributed by atoms with Gasteiger partial charge in [-0.3, -0.25) is 4.79 Å². The predicted octanol–water partition coefficient (Wildman–Crippen LogP) is 0.0116. The van der Waals surface area contributed by atoms with Crippen LogP contribution in [-0.4, -0.2) is 46.3 Å². The maximum Gasteiger partial charge on any atom is 0.274 e. The fraction of sp³-hybridized carbons (Fsp3) is 0.545. The van der Waals surface area contributed by atoms with Crippen molar-refractivity contribution < 1.29 is 9.53 Å². The van der Waals surface area contributed by atoms with E-state index in [-0.39, 0.29) is 18.1 Å². The average Bonchev–Trinajstić information content (AvgIpc) is 2.41. The summed E-state index contributed by atoms with van der Waals surface area (Å²) in [7, 11) is 0. The summed E-state index contributed by atoms with van der Waals surface area (Å²) in [5.74, 6) is 5.49. The molecular weight excluding hydrogens is 234 g/mol. The Balaban J connectivity index is 2.13. The molecule has 0 radical (unpaired) electrons. The van der Waals surface area contributed by atoms with Gasteiger partial charge in [0.1, 0.15) is 0 Å². The quantitative estimate of drug-likeness (QED) is 0.568. The molecule has 0 bridgehead atoms. The number of carbonyl (C=O) groups excluding carboxylic acids is 1. The first-order valence-electron chi connectivity index (χ1n) is 5.84. The van der Waals surface area contributed by atoms with Crippen molar-refractivity contribution in [2.75, 3.05) is 18.6 Å². The maximum absolute atomic E-state index is 12.3. The van der Waals surface area contributed by atoms with Gasteiger partial charge in [0.15, 0.2) is 11.5 Å². The number of aromatic nitrogens is 2. The van der Waals surface area contributed by atoms with Gasteiger partial charge in [-0.1, -0.05) is 0 Å². The largest absolute Gasteiger partial charge is 0.375 e. The molecule has 1 aliphatic heterocycles. The van der Waals surface area contributed by atoms with Crippen molar-refractivity contribution >= 4 is 11.7 Å². The number of ether oxygens (including phenoxy) is 1. The van der Waals surface area contributed by atoms with Crippen LogP contribution < -0.4 is 11.3 Å². The highest BCUT2D eigenvalue weighted by atomic mass is 16.5. The van der Waals surface area contributed by atoms with E-state index < -0.39 is 0 Å². The van der Waals surface area contributed by atoms with Gasteiger partial charge in [0.2, 0.25) is 0 Å². The standard InChI is InChI=1S/C11H17N5O2/c1-7-6-18-8(2)5-16(7)11(17)9-3-4-10(13-12)15-14-9/h3-4,7-8H,5-6,12H2,1-2H3,(H,13,15). The normalized spacial score (nSPS) is 23.8. The lowest BCUT2D eigenvalue weighted by atomic mass is 10.2. The van der Waals surface area contributed by atoms with E-state index in [2.05, 4.69) is 15.6 Å². The lowest BCUT2D eigenvalue weighted by Crippen LogP contribution is -2.50. The van der Waals surface area contributed by atoms with Gasteiger partial charge >= 0.3 is 0 Å². The van der Waals surface area contributed by atoms with Crippen molar-refractivity contribution in [1.82, 2.24) is 15.1 Å². The third-order valence-electron chi connectivity index (χ3n) is 2.90. The van der Waals surface area contributed by atoms with Gasteiger partial charge in [0.25, 0.3) is 5.91 Å². The van der Waals surface area contributed by atoms with E-state index in [1.165, 1.54) is 0 Å². The molecule has 18 heavy (non-hydrogen) atoms. The highest BCUT2D eigenvalue weighted by Crippen LogP contribution is 2.14. The van der Waals surface area contributed by atoms with E-state index in [4.69, 9.17) is 10.6 Å². The third-order valence-corrected chi connectivity index (χ3v) is 2.90. The number of hydrogen-bond donors (Lipinski definition) is 2. The predicted molar refractivity (Wildman–Crippen MR) is 65.8 cm³/mol. The molecule has 0 aromatic carbocycles. The van der Waals surface area contributed by atoms with Crippen LogP contribution >= 0.6 is 0 Å². The summed E-state index contributed by atoms with van der Waals surface area (Å²) < 4.78 is 5.49. The summed E-state index contributed by atoms with van der Waals surface area (Å²) in [6.45, 7) is 5.01. The molecule has 0 saturated carbocycles. The Morgan fingerprint density at radius 2 is 2.28 bits per heavy atom. The summed E-state index contributed by atoms with van der Waals surface area (Å²) in [5.41, 5.74) is 2.68. The number of nitrogens with zero attached hydrogens (tertiary/aromatic N) is 3. The summed E-state index contributed by atoms with van der Waals surface area (Å²) >= 11 is 0. The zero-order valence-electron chi connectivity index (χ0n) is 10.5. The highest BCUT2D eigenvalue weighted by molar-refractivity contribution is 5.92. The van der Waals surface area contributed by atoms with Gasteiger partial charge in [-0.2, -0.15) is 0 Å². The molecule has 2 heterocycles. The number of anilines is 1. The molecule has 1 saturated heterocycles. The Bertz CT molecular complexity index is 422. The Labute approximate surface area is 105 Å². The molecule has 1 aromatic rings. The van der Waals surface area contributed by atoms with Crippen LogP contribution in [0.15, 0.2) is 12.1 Å². The summed E-state index contributed by atoms with van der Waals surface area (Å²) in [5, 5.41) is 7.65. The van der Waals surface area contributed by atoms with Gasteiger partial charge < -0.3 is 15.1 Å². The number of hydrazine groups is 1. The second kappa shape index (κ2) is 5.28. The lowest BCUT2D eigenvalue weighted by molar-refractivity contribution is -0.0389. The Kier molecular flexibility index (Phi) is 3.73. The van der Waals surface area contributed by atoms with Crippen LogP contribution in [0.25, 0.3) is 0 Å². The minimum absolute atomic E-state index is 0.0443. The molecule has 2 unspecified atom stereocenters. The van der Waals surface area contributed by atoms with Crippen molar-refractivity contribution in [2.24, 2.45) is 5.84 Å². The molecule has 1 amide bonds. The number of nitrogens with two attached hydrogens (primary N) is 1. The van der Waals surface area contributed by atoms with Gasteiger partial charge in [-0.15, -0.1) is 10.2 Å². The van der Waals surface area contributed by atoms with Crippen LogP contribution in [-0.2, 0) is 4.74 Å². The molecule has 0 aliphatic carbocycles. The van der Waals surface area contributed by atoms with Crippen LogP contribution in [0.2, 0.25) is 0 Å².